The summed E-state index contributed by atoms with van der Waals surface area (Å²) in [5, 5.41) is 14.0. The number of ether oxygens (including phenoxy) is 1. The molecule has 1 aromatic heterocycles. The Morgan fingerprint density at radius 3 is 2.48 bits per heavy atom. The van der Waals surface area contributed by atoms with Crippen molar-refractivity contribution in [2.24, 2.45) is 0 Å². The Balaban J connectivity index is 1.46. The monoisotopic (exact) mass is 376 g/mol. The molecule has 0 atom stereocenters. The van der Waals surface area contributed by atoms with E-state index in [0.29, 0.717) is 38.6 Å². The number of hydrogen-bond donors (Lipinski definition) is 2. The maximum atomic E-state index is 12.1. The van der Waals surface area contributed by atoms with Crippen LogP contribution in [-0.2, 0) is 4.74 Å². The molecule has 1 saturated heterocycles. The number of carbonyl (C=O) groups is 2. The van der Waals surface area contributed by atoms with E-state index < -0.39 is 0 Å². The van der Waals surface area contributed by atoms with Crippen LogP contribution < -0.4 is 15.5 Å². The Kier molecular flexibility index (Phi) is 6.67. The summed E-state index contributed by atoms with van der Waals surface area (Å²) in [6, 6.07) is 3.61. The molecule has 3 amide bonds. The van der Waals surface area contributed by atoms with Crippen molar-refractivity contribution in [1.82, 2.24) is 20.4 Å². The van der Waals surface area contributed by atoms with Crippen molar-refractivity contribution in [3.63, 3.8) is 0 Å². The highest BCUT2D eigenvalue weighted by atomic mass is 16.6. The summed E-state index contributed by atoms with van der Waals surface area (Å²) in [4.78, 5) is 27.6. The van der Waals surface area contributed by atoms with Gasteiger partial charge in [-0.3, -0.25) is 5.32 Å². The number of aromatic nitrogens is 2. The number of anilines is 2. The third-order valence-corrected chi connectivity index (χ3v) is 4.96. The van der Waals surface area contributed by atoms with E-state index in [-0.39, 0.29) is 18.2 Å². The van der Waals surface area contributed by atoms with E-state index in [1.54, 1.807) is 17.9 Å². The van der Waals surface area contributed by atoms with Gasteiger partial charge in [0.1, 0.15) is 0 Å². The largest absolute Gasteiger partial charge is 0.450 e. The fourth-order valence-corrected chi connectivity index (χ4v) is 3.48. The van der Waals surface area contributed by atoms with E-state index in [9.17, 15) is 9.59 Å². The maximum Gasteiger partial charge on any atom is 0.409 e. The third kappa shape index (κ3) is 5.45. The molecule has 148 valence electrons. The minimum Gasteiger partial charge on any atom is -0.450 e. The van der Waals surface area contributed by atoms with Gasteiger partial charge >= 0.3 is 12.1 Å². The molecule has 0 radical (unpaired) electrons. The van der Waals surface area contributed by atoms with Crippen LogP contribution in [0.4, 0.5) is 21.2 Å². The van der Waals surface area contributed by atoms with Crippen molar-refractivity contribution in [2.45, 2.75) is 45.1 Å². The molecule has 1 aromatic rings. The quantitative estimate of drug-likeness (QED) is 0.836. The van der Waals surface area contributed by atoms with E-state index in [1.165, 1.54) is 19.3 Å². The van der Waals surface area contributed by atoms with Crippen LogP contribution in [0.5, 0.6) is 0 Å². The second-order valence-electron chi connectivity index (χ2n) is 6.88. The van der Waals surface area contributed by atoms with E-state index in [4.69, 9.17) is 4.74 Å². The van der Waals surface area contributed by atoms with Crippen LogP contribution in [0.3, 0.4) is 0 Å². The normalized spacial score (nSPS) is 18.1. The molecule has 0 unspecified atom stereocenters. The average Bonchev–Trinajstić information content (AvgIpc) is 2.69. The fraction of sp³-hybridized carbons (Fsp3) is 0.667. The van der Waals surface area contributed by atoms with Crippen LogP contribution in [-0.4, -0.2) is 66.0 Å². The molecule has 0 bridgehead atoms. The zero-order valence-electron chi connectivity index (χ0n) is 15.8. The Labute approximate surface area is 159 Å². The van der Waals surface area contributed by atoms with Gasteiger partial charge in [0.15, 0.2) is 11.6 Å². The molecule has 9 nitrogen and oxygen atoms in total. The number of nitrogens with zero attached hydrogens (tertiary/aromatic N) is 4. The first kappa shape index (κ1) is 19.2. The lowest BCUT2D eigenvalue weighted by Gasteiger charge is -2.34. The molecule has 1 aliphatic heterocycles. The van der Waals surface area contributed by atoms with Gasteiger partial charge < -0.3 is 19.9 Å². The first-order valence-electron chi connectivity index (χ1n) is 9.73. The number of piperazine rings is 1. The molecule has 0 aromatic carbocycles. The number of rotatable bonds is 4. The van der Waals surface area contributed by atoms with Crippen molar-refractivity contribution in [2.75, 3.05) is 43.0 Å². The molecular weight excluding hydrogens is 348 g/mol. The number of hydrogen-bond acceptors (Lipinski definition) is 6. The van der Waals surface area contributed by atoms with Gasteiger partial charge in [-0.1, -0.05) is 19.3 Å². The molecule has 2 aliphatic rings. The Hall–Kier alpha value is -2.58. The summed E-state index contributed by atoms with van der Waals surface area (Å²) in [6.07, 6.45) is 5.39. The zero-order valence-corrected chi connectivity index (χ0v) is 15.8. The third-order valence-electron chi connectivity index (χ3n) is 4.96. The number of nitrogens with one attached hydrogen (secondary N) is 2. The minimum atomic E-state index is -0.272. The van der Waals surface area contributed by atoms with Crippen LogP contribution in [0, 0.1) is 0 Å². The van der Waals surface area contributed by atoms with Gasteiger partial charge in [-0.05, 0) is 31.9 Å². The molecule has 3 rings (SSSR count). The Morgan fingerprint density at radius 2 is 1.85 bits per heavy atom. The predicted molar refractivity (Wildman–Crippen MR) is 102 cm³/mol. The van der Waals surface area contributed by atoms with E-state index in [0.717, 1.165) is 18.7 Å². The topological polar surface area (TPSA) is 99.7 Å². The van der Waals surface area contributed by atoms with Gasteiger partial charge in [-0.15, -0.1) is 10.2 Å². The summed E-state index contributed by atoms with van der Waals surface area (Å²) in [6.45, 7) is 4.70. The van der Waals surface area contributed by atoms with Crippen LogP contribution >= 0.6 is 0 Å². The van der Waals surface area contributed by atoms with Gasteiger partial charge in [0, 0.05) is 32.2 Å². The van der Waals surface area contributed by atoms with E-state index >= 15 is 0 Å². The van der Waals surface area contributed by atoms with Gasteiger partial charge in [-0.2, -0.15) is 0 Å². The van der Waals surface area contributed by atoms with Crippen molar-refractivity contribution in [3.8, 4) is 0 Å². The molecular formula is C18H28N6O3. The highest BCUT2D eigenvalue weighted by Gasteiger charge is 2.23. The molecule has 2 fully saturated rings. The van der Waals surface area contributed by atoms with E-state index in [1.807, 2.05) is 6.07 Å². The fourth-order valence-electron chi connectivity index (χ4n) is 3.48. The molecule has 1 aliphatic carbocycles. The smallest absolute Gasteiger partial charge is 0.409 e. The zero-order chi connectivity index (χ0) is 19.1. The first-order chi connectivity index (χ1) is 13.2. The van der Waals surface area contributed by atoms with Crippen molar-refractivity contribution >= 4 is 23.8 Å². The summed E-state index contributed by atoms with van der Waals surface area (Å²) in [7, 11) is 0. The minimum absolute atomic E-state index is 0.230. The van der Waals surface area contributed by atoms with Crippen LogP contribution in [0.25, 0.3) is 0 Å². The SMILES string of the molecule is CCOC(=O)N1CCN(c2ccc(NC(=O)NC3CCCCC3)nn2)CC1. The highest BCUT2D eigenvalue weighted by molar-refractivity contribution is 5.88. The molecule has 0 spiro atoms. The van der Waals surface area contributed by atoms with Gasteiger partial charge in [0.2, 0.25) is 0 Å². The standard InChI is InChI=1S/C18H28N6O3/c1-2-27-18(26)24-12-10-23(11-13-24)16-9-8-15(21-22-16)20-17(25)19-14-6-4-3-5-7-14/h8-9,14H,2-7,10-13H2,1H3,(H2,19,20,21,25). The first-order valence-corrected chi connectivity index (χ1v) is 9.73. The maximum absolute atomic E-state index is 12.1. The lowest BCUT2D eigenvalue weighted by atomic mass is 9.96. The van der Waals surface area contributed by atoms with Gasteiger partial charge in [0.25, 0.3) is 0 Å². The van der Waals surface area contributed by atoms with Crippen molar-refractivity contribution in [3.05, 3.63) is 12.1 Å². The van der Waals surface area contributed by atoms with Crippen LogP contribution in [0.2, 0.25) is 0 Å². The number of urea groups is 1. The number of carbonyl (C=O) groups excluding carboxylic acids is 2. The number of amides is 3. The van der Waals surface area contributed by atoms with E-state index in [2.05, 4.69) is 25.7 Å². The highest BCUT2D eigenvalue weighted by Crippen LogP contribution is 2.18. The predicted octanol–water partition coefficient (Wildman–Crippen LogP) is 2.21. The summed E-state index contributed by atoms with van der Waals surface area (Å²) >= 11 is 0. The van der Waals surface area contributed by atoms with Crippen LogP contribution in [0.15, 0.2) is 12.1 Å². The van der Waals surface area contributed by atoms with Gasteiger partial charge in [0.05, 0.1) is 6.61 Å². The second kappa shape index (κ2) is 9.38. The summed E-state index contributed by atoms with van der Waals surface area (Å²) < 4.78 is 5.02. The average molecular weight is 376 g/mol. The van der Waals surface area contributed by atoms with Crippen molar-refractivity contribution < 1.29 is 14.3 Å². The summed E-state index contributed by atoms with van der Waals surface area (Å²) in [5.41, 5.74) is 0. The molecule has 27 heavy (non-hydrogen) atoms. The molecule has 9 heteroatoms. The van der Waals surface area contributed by atoms with Gasteiger partial charge in [-0.25, -0.2) is 9.59 Å². The van der Waals surface area contributed by atoms with Crippen molar-refractivity contribution in [1.29, 1.82) is 0 Å². The lowest BCUT2D eigenvalue weighted by Crippen LogP contribution is -2.49. The summed E-state index contributed by atoms with van der Waals surface area (Å²) in [5.74, 6) is 1.16. The molecule has 2 N–H and O–H groups in total. The van der Waals surface area contributed by atoms with Crippen LogP contribution in [0.1, 0.15) is 39.0 Å². The molecule has 2 heterocycles. The second-order valence-corrected chi connectivity index (χ2v) is 6.88. The molecule has 1 saturated carbocycles. The Morgan fingerprint density at radius 1 is 1.11 bits per heavy atom. The lowest BCUT2D eigenvalue weighted by molar-refractivity contribution is 0.105. The Bertz CT molecular complexity index is 624.